The van der Waals surface area contributed by atoms with Gasteiger partial charge in [-0.15, -0.1) is 5.73 Å². The highest BCUT2D eigenvalue weighted by Gasteiger charge is 2.22. The molecule has 0 fully saturated rings. The van der Waals surface area contributed by atoms with Crippen LogP contribution in [-0.4, -0.2) is 34.8 Å². The summed E-state index contributed by atoms with van der Waals surface area (Å²) in [7, 11) is 0. The van der Waals surface area contributed by atoms with Gasteiger partial charge in [0.05, 0.1) is 34.9 Å². The molecule has 0 spiro atoms. The Morgan fingerprint density at radius 2 is 1.69 bits per heavy atom. The number of pyridine rings is 2. The van der Waals surface area contributed by atoms with Crippen molar-refractivity contribution in [3.05, 3.63) is 189 Å². The average Bonchev–Trinajstić information content (AvgIpc) is 3.68. The van der Waals surface area contributed by atoms with Crippen molar-refractivity contribution in [2.24, 2.45) is 20.0 Å². The van der Waals surface area contributed by atoms with E-state index in [-0.39, 0.29) is 0 Å². The van der Waals surface area contributed by atoms with Gasteiger partial charge in [0.15, 0.2) is 0 Å². The lowest BCUT2D eigenvalue weighted by Gasteiger charge is -2.19. The van der Waals surface area contributed by atoms with Crippen molar-refractivity contribution in [3.8, 4) is 11.3 Å². The second-order valence-electron chi connectivity index (χ2n) is 12.2. The summed E-state index contributed by atoms with van der Waals surface area (Å²) in [6.45, 7) is 4.47. The predicted molar refractivity (Wildman–Crippen MR) is 216 cm³/mol. The summed E-state index contributed by atoms with van der Waals surface area (Å²) >= 11 is 0. The molecule has 1 aliphatic carbocycles. The summed E-state index contributed by atoms with van der Waals surface area (Å²) in [5.41, 5.74) is 22.6. The molecule has 0 N–H and O–H groups in total. The van der Waals surface area contributed by atoms with E-state index in [0.717, 1.165) is 85.7 Å². The van der Waals surface area contributed by atoms with Gasteiger partial charge < -0.3 is 0 Å². The second-order valence-corrected chi connectivity index (χ2v) is 12.2. The molecule has 0 bridgehead atoms. The van der Waals surface area contributed by atoms with Crippen LogP contribution in [0.3, 0.4) is 0 Å². The van der Waals surface area contributed by atoms with Gasteiger partial charge in [0, 0.05) is 59.5 Å². The van der Waals surface area contributed by atoms with Crippen molar-refractivity contribution in [1.82, 2.24) is 9.97 Å². The van der Waals surface area contributed by atoms with Crippen LogP contribution >= 0.6 is 0 Å². The first kappa shape index (κ1) is 33.7. The summed E-state index contributed by atoms with van der Waals surface area (Å²) in [6, 6.07) is 16.4. The molecule has 0 unspecified atom stereocenters. The van der Waals surface area contributed by atoms with Gasteiger partial charge >= 0.3 is 0 Å². The van der Waals surface area contributed by atoms with Gasteiger partial charge in [-0.05, 0) is 134 Å². The maximum Gasteiger partial charge on any atom is 0.121 e. The molecule has 6 nitrogen and oxygen atoms in total. The SMILES string of the molecule is C/C=C\C=NCc1c(C2=CCCC=N2)cc(C2=CC(C3=CC=C=CC=N3)=C=C(C3=C=CC=C(C)C=N3)C(c3ccccn3)=C2)cc1-c1ccccn1. The molecule has 3 aliphatic heterocycles. The van der Waals surface area contributed by atoms with E-state index in [1.165, 1.54) is 0 Å². The molecule has 4 aliphatic rings. The minimum absolute atomic E-state index is 0.469. The fourth-order valence-corrected chi connectivity index (χ4v) is 6.03. The average molecular weight is 673 g/mol. The van der Waals surface area contributed by atoms with E-state index in [2.05, 4.69) is 47.6 Å². The predicted octanol–water partition coefficient (Wildman–Crippen LogP) is 10.2. The maximum atomic E-state index is 4.90. The van der Waals surface area contributed by atoms with Crippen LogP contribution in [0.2, 0.25) is 0 Å². The fraction of sp³-hybridized carbons (Fsp3) is 0.109. The van der Waals surface area contributed by atoms with Gasteiger partial charge in [0.25, 0.3) is 0 Å². The minimum Gasteiger partial charge on any atom is -0.288 e. The molecule has 0 atom stereocenters. The van der Waals surface area contributed by atoms with Crippen LogP contribution in [0.4, 0.5) is 0 Å². The molecule has 52 heavy (non-hydrogen) atoms. The molecule has 6 heteroatoms. The van der Waals surface area contributed by atoms with Crippen LogP contribution in [0.15, 0.2) is 187 Å². The van der Waals surface area contributed by atoms with E-state index in [1.54, 1.807) is 18.5 Å². The third-order valence-corrected chi connectivity index (χ3v) is 8.56. The Morgan fingerprint density at radius 3 is 2.48 bits per heavy atom. The lowest BCUT2D eigenvalue weighted by atomic mass is 9.88. The second kappa shape index (κ2) is 16.3. The van der Waals surface area contributed by atoms with Crippen LogP contribution in [0, 0.1) is 0 Å². The molecule has 0 saturated heterocycles. The molecule has 1 aromatic carbocycles. The number of rotatable bonds is 9. The Morgan fingerprint density at radius 1 is 0.846 bits per heavy atom. The first-order chi connectivity index (χ1) is 25.7. The molecule has 7 rings (SSSR count). The lowest BCUT2D eigenvalue weighted by Crippen LogP contribution is -2.02. The summed E-state index contributed by atoms with van der Waals surface area (Å²) in [5.74, 6) is 0. The number of allylic oxidation sites excluding steroid dienone is 11. The van der Waals surface area contributed by atoms with Gasteiger partial charge in [-0.3, -0.25) is 24.9 Å². The van der Waals surface area contributed by atoms with Crippen molar-refractivity contribution in [3.63, 3.8) is 0 Å². The highest BCUT2D eigenvalue weighted by molar-refractivity contribution is 5.96. The normalized spacial score (nSPS) is 16.7. The lowest BCUT2D eigenvalue weighted by molar-refractivity contribution is 1.05. The first-order valence-electron chi connectivity index (χ1n) is 17.3. The number of aromatic nitrogens is 2. The Kier molecular flexibility index (Phi) is 10.5. The molecule has 0 amide bonds. The van der Waals surface area contributed by atoms with E-state index in [4.69, 9.17) is 29.9 Å². The summed E-state index contributed by atoms with van der Waals surface area (Å²) in [5, 5.41) is 0. The molecular formula is C46H36N6. The smallest absolute Gasteiger partial charge is 0.121 e. The Hall–Kier alpha value is -6.80. The maximum absolute atomic E-state index is 4.90. The Balaban J connectivity index is 1.52. The van der Waals surface area contributed by atoms with Gasteiger partial charge in [-0.25, -0.2) is 4.99 Å². The number of nitrogens with zero attached hydrogens (tertiary/aromatic N) is 6. The van der Waals surface area contributed by atoms with E-state index >= 15 is 0 Å². The molecule has 0 saturated carbocycles. The van der Waals surface area contributed by atoms with Gasteiger partial charge in [0.2, 0.25) is 0 Å². The third kappa shape index (κ3) is 7.82. The van der Waals surface area contributed by atoms with Crippen molar-refractivity contribution >= 4 is 41.7 Å². The molecule has 2 aromatic heterocycles. The zero-order chi connectivity index (χ0) is 35.5. The molecule has 5 heterocycles. The Labute approximate surface area is 304 Å². The number of hydrogen-bond acceptors (Lipinski definition) is 6. The third-order valence-electron chi connectivity index (χ3n) is 8.56. The van der Waals surface area contributed by atoms with E-state index < -0.39 is 0 Å². The standard InChI is InChI=1S/C46H36N6/c1-3-4-21-47-32-41-39(44-18-8-12-24-50-44)28-35(29-40(41)45-19-9-13-25-51-45)34-26-36(42-16-6-5-10-22-48-42)30-38(46-20-14-15-33(2)31-52-46)37(27-34)43-17-7-11-23-49-43/h3-4,6-8,10-12,14-19,21-29,31H,9,13,32H2,1-2H3/b4-3-,47-21?. The highest BCUT2D eigenvalue weighted by Crippen LogP contribution is 2.40. The first-order valence-corrected chi connectivity index (χ1v) is 17.3. The summed E-state index contributed by atoms with van der Waals surface area (Å²) in [4.78, 5) is 29.0. The minimum atomic E-state index is 0.469. The van der Waals surface area contributed by atoms with Gasteiger partial charge in [0.1, 0.15) is 5.70 Å². The molecule has 0 radical (unpaired) electrons. The van der Waals surface area contributed by atoms with E-state index in [0.29, 0.717) is 12.2 Å². The van der Waals surface area contributed by atoms with Gasteiger partial charge in [-0.2, -0.15) is 0 Å². The number of aliphatic imine (C=N–C) groups is 4. The quantitative estimate of drug-likeness (QED) is 0.168. The van der Waals surface area contributed by atoms with Crippen molar-refractivity contribution < 1.29 is 0 Å². The molecule has 250 valence electrons. The monoisotopic (exact) mass is 672 g/mol. The Bertz CT molecular complexity index is 2420. The molecule has 3 aromatic rings. The fourth-order valence-electron chi connectivity index (χ4n) is 6.03. The van der Waals surface area contributed by atoms with E-state index in [9.17, 15) is 0 Å². The number of benzene rings is 1. The van der Waals surface area contributed by atoms with Crippen molar-refractivity contribution in [1.29, 1.82) is 0 Å². The van der Waals surface area contributed by atoms with Gasteiger partial charge in [-0.1, -0.05) is 35.7 Å². The van der Waals surface area contributed by atoms with Crippen LogP contribution in [0.1, 0.15) is 49.1 Å². The molecular weight excluding hydrogens is 637 g/mol. The van der Waals surface area contributed by atoms with E-state index in [1.807, 2.05) is 112 Å². The van der Waals surface area contributed by atoms with Crippen LogP contribution in [0.25, 0.3) is 28.1 Å². The summed E-state index contributed by atoms with van der Waals surface area (Å²) < 4.78 is 0. The van der Waals surface area contributed by atoms with Crippen LogP contribution in [0.5, 0.6) is 0 Å². The van der Waals surface area contributed by atoms with Crippen LogP contribution in [-0.2, 0) is 6.54 Å². The largest absolute Gasteiger partial charge is 0.288 e. The highest BCUT2D eigenvalue weighted by atomic mass is 14.8. The van der Waals surface area contributed by atoms with Crippen molar-refractivity contribution in [2.75, 3.05) is 0 Å². The summed E-state index contributed by atoms with van der Waals surface area (Å²) in [6.07, 6.45) is 32.9. The van der Waals surface area contributed by atoms with Crippen LogP contribution < -0.4 is 0 Å². The zero-order valence-corrected chi connectivity index (χ0v) is 29.2. The van der Waals surface area contributed by atoms with Crippen molar-refractivity contribution in [2.45, 2.75) is 33.2 Å². The zero-order valence-electron chi connectivity index (χ0n) is 29.2. The number of hydrogen-bond donors (Lipinski definition) is 0. The topological polar surface area (TPSA) is 75.2 Å².